The molecule has 2 fully saturated rings. The fraction of sp³-hybridized carbons (Fsp3) is 0.944. The van der Waals surface area contributed by atoms with E-state index in [4.69, 9.17) is 9.47 Å². The predicted molar refractivity (Wildman–Crippen MR) is 95.3 cm³/mol. The Morgan fingerprint density at radius 2 is 1.81 bits per heavy atom. The maximum absolute atomic E-state index is 12.7. The Balaban J connectivity index is 1.53. The van der Waals surface area contributed by atoms with Crippen LogP contribution < -0.4 is 10.6 Å². The monoisotopic (exact) mass is 379 g/mol. The Bertz CT molecular complexity index is 418. The summed E-state index contributed by atoms with van der Waals surface area (Å²) in [6, 6.07) is 0.0598. The Labute approximate surface area is 154 Å². The first-order chi connectivity index (χ1) is 12.5. The fourth-order valence-corrected chi connectivity index (χ4v) is 3.50. The second-order valence-corrected chi connectivity index (χ2v) is 7.22. The zero-order valence-electron chi connectivity index (χ0n) is 15.6. The molecule has 152 valence electrons. The quantitative estimate of drug-likeness (QED) is 0.405. The number of nitrogens with zero attached hydrogens (tertiary/aromatic N) is 1. The molecule has 5 nitrogen and oxygen atoms in total. The van der Waals surface area contributed by atoms with Gasteiger partial charge in [-0.15, -0.1) is 0 Å². The average molecular weight is 379 g/mol. The number of hydrogen-bond donors (Lipinski definition) is 2. The van der Waals surface area contributed by atoms with Gasteiger partial charge >= 0.3 is 6.18 Å². The fourth-order valence-electron chi connectivity index (χ4n) is 3.50. The van der Waals surface area contributed by atoms with Crippen LogP contribution in [0.15, 0.2) is 4.99 Å². The van der Waals surface area contributed by atoms with Gasteiger partial charge in [-0.2, -0.15) is 13.2 Å². The third kappa shape index (κ3) is 7.70. The molecular weight excluding hydrogens is 347 g/mol. The number of ether oxygens (including phenoxy) is 2. The van der Waals surface area contributed by atoms with Crippen LogP contribution in [-0.2, 0) is 9.47 Å². The Kier molecular flexibility index (Phi) is 8.98. The van der Waals surface area contributed by atoms with Crippen molar-refractivity contribution in [2.75, 3.05) is 40.0 Å². The van der Waals surface area contributed by atoms with Crippen LogP contribution in [0.25, 0.3) is 0 Å². The van der Waals surface area contributed by atoms with Crippen molar-refractivity contribution in [2.45, 2.75) is 57.2 Å². The van der Waals surface area contributed by atoms with Crippen molar-refractivity contribution in [1.82, 2.24) is 10.6 Å². The highest BCUT2D eigenvalue weighted by Gasteiger charge is 2.41. The van der Waals surface area contributed by atoms with Crippen LogP contribution in [0.1, 0.15) is 44.9 Å². The number of aliphatic imine (C=N–C) groups is 1. The Morgan fingerprint density at radius 1 is 1.12 bits per heavy atom. The van der Waals surface area contributed by atoms with Gasteiger partial charge in [0, 0.05) is 46.1 Å². The molecule has 1 saturated heterocycles. The van der Waals surface area contributed by atoms with Gasteiger partial charge in [-0.3, -0.25) is 4.99 Å². The van der Waals surface area contributed by atoms with E-state index in [0.29, 0.717) is 31.3 Å². The summed E-state index contributed by atoms with van der Waals surface area (Å²) in [5.41, 5.74) is 0. The number of guanidine groups is 1. The Hall–Kier alpha value is -1.02. The molecule has 8 heteroatoms. The van der Waals surface area contributed by atoms with Crippen molar-refractivity contribution in [2.24, 2.45) is 16.8 Å². The second kappa shape index (κ2) is 11.0. The molecule has 0 atom stereocenters. The van der Waals surface area contributed by atoms with E-state index in [-0.39, 0.29) is 18.9 Å². The van der Waals surface area contributed by atoms with Crippen LogP contribution in [-0.4, -0.2) is 58.2 Å². The van der Waals surface area contributed by atoms with Crippen molar-refractivity contribution in [3.05, 3.63) is 0 Å². The Morgan fingerprint density at radius 3 is 2.42 bits per heavy atom. The van der Waals surface area contributed by atoms with E-state index in [0.717, 1.165) is 45.6 Å². The van der Waals surface area contributed by atoms with E-state index < -0.39 is 12.1 Å². The average Bonchev–Trinajstić information content (AvgIpc) is 2.64. The van der Waals surface area contributed by atoms with Crippen molar-refractivity contribution in [1.29, 1.82) is 0 Å². The molecule has 0 unspecified atom stereocenters. The topological polar surface area (TPSA) is 54.9 Å². The number of halogens is 3. The standard InChI is InChI=1S/C18H32F3N3O2/c1-22-17(24-16-5-3-15(4-6-16)18(19,20)21)23-9-2-10-26-13-14-7-11-25-12-8-14/h14-16H,2-13H2,1H3,(H2,22,23,24). The first-order valence-corrected chi connectivity index (χ1v) is 9.68. The first kappa shape index (κ1) is 21.3. The van der Waals surface area contributed by atoms with Crippen molar-refractivity contribution in [3.63, 3.8) is 0 Å². The molecule has 1 aliphatic carbocycles. The molecule has 1 heterocycles. The highest BCUT2D eigenvalue weighted by molar-refractivity contribution is 5.79. The van der Waals surface area contributed by atoms with Crippen LogP contribution >= 0.6 is 0 Å². The minimum atomic E-state index is -4.06. The summed E-state index contributed by atoms with van der Waals surface area (Å²) in [5.74, 6) is 0.117. The van der Waals surface area contributed by atoms with Crippen molar-refractivity contribution >= 4 is 5.96 Å². The van der Waals surface area contributed by atoms with Gasteiger partial charge < -0.3 is 20.1 Å². The molecule has 1 saturated carbocycles. The molecule has 26 heavy (non-hydrogen) atoms. The number of nitrogens with one attached hydrogen (secondary N) is 2. The molecule has 2 N–H and O–H groups in total. The molecule has 0 amide bonds. The van der Waals surface area contributed by atoms with E-state index in [9.17, 15) is 13.2 Å². The molecule has 0 bridgehead atoms. The lowest BCUT2D eigenvalue weighted by molar-refractivity contribution is -0.182. The van der Waals surface area contributed by atoms with Crippen LogP contribution in [0.5, 0.6) is 0 Å². The van der Waals surface area contributed by atoms with Gasteiger partial charge in [0.25, 0.3) is 0 Å². The molecule has 2 aliphatic rings. The highest BCUT2D eigenvalue weighted by Crippen LogP contribution is 2.37. The van der Waals surface area contributed by atoms with Crippen LogP contribution in [0.4, 0.5) is 13.2 Å². The van der Waals surface area contributed by atoms with Gasteiger partial charge in [0.2, 0.25) is 0 Å². The summed E-state index contributed by atoms with van der Waals surface area (Å²) >= 11 is 0. The minimum absolute atomic E-state index is 0.0598. The van der Waals surface area contributed by atoms with E-state index in [2.05, 4.69) is 15.6 Å². The van der Waals surface area contributed by atoms with E-state index in [1.165, 1.54) is 0 Å². The van der Waals surface area contributed by atoms with Crippen molar-refractivity contribution in [3.8, 4) is 0 Å². The predicted octanol–water partition coefficient (Wildman–Crippen LogP) is 3.11. The normalized spacial score (nSPS) is 25.9. The van der Waals surface area contributed by atoms with Gasteiger partial charge in [-0.1, -0.05) is 0 Å². The lowest BCUT2D eigenvalue weighted by Gasteiger charge is -2.31. The van der Waals surface area contributed by atoms with Crippen LogP contribution in [0.3, 0.4) is 0 Å². The van der Waals surface area contributed by atoms with Crippen LogP contribution in [0, 0.1) is 11.8 Å². The lowest BCUT2D eigenvalue weighted by Crippen LogP contribution is -2.46. The van der Waals surface area contributed by atoms with Crippen molar-refractivity contribution < 1.29 is 22.6 Å². The maximum Gasteiger partial charge on any atom is 0.391 e. The smallest absolute Gasteiger partial charge is 0.381 e. The third-order valence-corrected chi connectivity index (χ3v) is 5.21. The second-order valence-electron chi connectivity index (χ2n) is 7.22. The van der Waals surface area contributed by atoms with Gasteiger partial charge in [0.05, 0.1) is 5.92 Å². The zero-order chi connectivity index (χ0) is 18.8. The highest BCUT2D eigenvalue weighted by atomic mass is 19.4. The molecule has 1 aliphatic heterocycles. The summed E-state index contributed by atoms with van der Waals surface area (Å²) in [7, 11) is 1.68. The van der Waals surface area contributed by atoms with E-state index in [1.807, 2.05) is 0 Å². The zero-order valence-corrected chi connectivity index (χ0v) is 15.6. The lowest BCUT2D eigenvalue weighted by atomic mass is 9.85. The van der Waals surface area contributed by atoms with Gasteiger partial charge in [0.15, 0.2) is 5.96 Å². The molecule has 0 radical (unpaired) electrons. The van der Waals surface area contributed by atoms with E-state index in [1.54, 1.807) is 7.05 Å². The summed E-state index contributed by atoms with van der Waals surface area (Å²) < 4.78 is 49.2. The number of hydrogen-bond acceptors (Lipinski definition) is 3. The number of rotatable bonds is 7. The maximum atomic E-state index is 12.7. The van der Waals surface area contributed by atoms with E-state index >= 15 is 0 Å². The summed E-state index contributed by atoms with van der Waals surface area (Å²) in [5, 5.41) is 6.45. The summed E-state index contributed by atoms with van der Waals surface area (Å²) in [6.07, 6.45) is 0.395. The van der Waals surface area contributed by atoms with Gasteiger partial charge in [0.1, 0.15) is 0 Å². The minimum Gasteiger partial charge on any atom is -0.381 e. The number of alkyl halides is 3. The van der Waals surface area contributed by atoms with Gasteiger partial charge in [-0.25, -0.2) is 0 Å². The molecule has 2 rings (SSSR count). The molecule has 0 spiro atoms. The van der Waals surface area contributed by atoms with Crippen LogP contribution in [0.2, 0.25) is 0 Å². The van der Waals surface area contributed by atoms with Gasteiger partial charge in [-0.05, 0) is 50.9 Å². The third-order valence-electron chi connectivity index (χ3n) is 5.21. The SMILES string of the molecule is CN=C(NCCCOCC1CCOCC1)NC1CCC(C(F)(F)F)CC1. The largest absolute Gasteiger partial charge is 0.391 e. The summed E-state index contributed by atoms with van der Waals surface area (Å²) in [6.45, 7) is 3.88. The summed E-state index contributed by atoms with van der Waals surface area (Å²) in [4.78, 5) is 4.16. The first-order valence-electron chi connectivity index (χ1n) is 9.68. The molecule has 0 aromatic rings. The molecular formula is C18H32F3N3O2. The molecule has 0 aromatic carbocycles. The molecule has 0 aromatic heterocycles.